The Bertz CT molecular complexity index is 721. The molecule has 26 heavy (non-hydrogen) atoms. The average molecular weight is 375 g/mol. The van der Waals surface area contributed by atoms with Crippen molar-refractivity contribution in [1.82, 2.24) is 5.32 Å². The van der Waals surface area contributed by atoms with Crippen LogP contribution >= 0.6 is 11.8 Å². The van der Waals surface area contributed by atoms with Crippen LogP contribution in [-0.2, 0) is 4.79 Å². The average Bonchev–Trinajstić information content (AvgIpc) is 2.67. The number of aryl methyl sites for hydroxylation is 1. The van der Waals surface area contributed by atoms with Crippen LogP contribution in [-0.4, -0.2) is 39.0 Å². The highest BCUT2D eigenvalue weighted by atomic mass is 32.2. The molecule has 0 spiro atoms. The van der Waals surface area contributed by atoms with E-state index in [9.17, 15) is 4.79 Å². The molecule has 0 aliphatic carbocycles. The zero-order valence-electron chi connectivity index (χ0n) is 15.4. The summed E-state index contributed by atoms with van der Waals surface area (Å²) < 4.78 is 16.6. The van der Waals surface area contributed by atoms with Gasteiger partial charge in [0.15, 0.2) is 18.1 Å². The van der Waals surface area contributed by atoms with E-state index in [1.165, 1.54) is 0 Å². The van der Waals surface area contributed by atoms with Crippen molar-refractivity contribution in [1.29, 1.82) is 0 Å². The van der Waals surface area contributed by atoms with Crippen molar-refractivity contribution >= 4 is 17.7 Å². The summed E-state index contributed by atoms with van der Waals surface area (Å²) in [5.41, 5.74) is 1.10. The lowest BCUT2D eigenvalue weighted by molar-refractivity contribution is -0.123. The van der Waals surface area contributed by atoms with E-state index in [0.717, 1.165) is 22.6 Å². The summed E-state index contributed by atoms with van der Waals surface area (Å²) in [5.74, 6) is 1.89. The Hall–Kier alpha value is -2.34. The van der Waals surface area contributed by atoms with Crippen molar-refractivity contribution in [3.8, 4) is 17.2 Å². The van der Waals surface area contributed by atoms with Crippen LogP contribution in [0.2, 0.25) is 0 Å². The number of ether oxygens (including phenoxy) is 3. The smallest absolute Gasteiger partial charge is 0.257 e. The minimum absolute atomic E-state index is 0.0480. The monoisotopic (exact) mass is 375 g/mol. The molecule has 140 valence electrons. The second-order valence-electron chi connectivity index (χ2n) is 5.62. The minimum Gasteiger partial charge on any atom is -0.493 e. The number of amides is 1. The molecule has 0 saturated heterocycles. The quantitative estimate of drug-likeness (QED) is 0.507. The Morgan fingerprint density at radius 1 is 1.08 bits per heavy atom. The van der Waals surface area contributed by atoms with Gasteiger partial charge in [0.05, 0.1) is 13.7 Å². The summed E-state index contributed by atoms with van der Waals surface area (Å²) in [7, 11) is 1.58. The molecule has 0 aromatic heterocycles. The third kappa shape index (κ3) is 6.19. The molecule has 5 nitrogen and oxygen atoms in total. The Balaban J connectivity index is 1.67. The van der Waals surface area contributed by atoms with E-state index in [2.05, 4.69) is 5.32 Å². The van der Waals surface area contributed by atoms with E-state index < -0.39 is 0 Å². The molecule has 2 aromatic carbocycles. The van der Waals surface area contributed by atoms with Crippen LogP contribution < -0.4 is 19.5 Å². The van der Waals surface area contributed by atoms with E-state index >= 15 is 0 Å². The molecule has 2 rings (SSSR count). The molecule has 0 bridgehead atoms. The van der Waals surface area contributed by atoms with Gasteiger partial charge in [-0.15, -0.1) is 11.8 Å². The van der Waals surface area contributed by atoms with Crippen LogP contribution in [0.4, 0.5) is 0 Å². The molecule has 1 N–H and O–H groups in total. The molecule has 0 unspecified atom stereocenters. The van der Waals surface area contributed by atoms with E-state index in [4.69, 9.17) is 14.2 Å². The fourth-order valence-electron chi connectivity index (χ4n) is 2.29. The fraction of sp³-hybridized carbons (Fsp3) is 0.350. The number of carbonyl (C=O) groups excluding carboxylic acids is 1. The minimum atomic E-state index is -0.170. The summed E-state index contributed by atoms with van der Waals surface area (Å²) in [6, 6.07) is 13.5. The zero-order valence-corrected chi connectivity index (χ0v) is 16.2. The van der Waals surface area contributed by atoms with Crippen molar-refractivity contribution in [2.45, 2.75) is 18.2 Å². The summed E-state index contributed by atoms with van der Waals surface area (Å²) >= 11 is 1.62. The largest absolute Gasteiger partial charge is 0.493 e. The molecule has 2 aromatic rings. The Kier molecular flexibility index (Phi) is 8.15. The Morgan fingerprint density at radius 3 is 2.62 bits per heavy atom. The molecule has 6 heteroatoms. The molecule has 0 aliphatic rings. The standard InChI is InChI=1S/C20H25NO4S/c1-15-7-4-5-8-17(15)24-12-6-11-21-20(22)14-25-18-10-9-16(26-3)13-19(18)23-2/h4-5,7-10,13H,6,11-12,14H2,1-3H3,(H,21,22). The topological polar surface area (TPSA) is 56.8 Å². The van der Waals surface area contributed by atoms with Gasteiger partial charge >= 0.3 is 0 Å². The van der Waals surface area contributed by atoms with Crippen LogP contribution in [0.3, 0.4) is 0 Å². The molecule has 1 amide bonds. The first-order valence-electron chi connectivity index (χ1n) is 8.44. The number of carbonyl (C=O) groups is 1. The van der Waals surface area contributed by atoms with E-state index in [1.807, 2.05) is 55.6 Å². The highest BCUT2D eigenvalue weighted by Gasteiger charge is 2.08. The molecule has 0 atom stereocenters. The third-order valence-electron chi connectivity index (χ3n) is 3.72. The number of hydrogen-bond donors (Lipinski definition) is 1. The molecular formula is C20H25NO4S. The second kappa shape index (κ2) is 10.6. The number of nitrogens with one attached hydrogen (secondary N) is 1. The lowest BCUT2D eigenvalue weighted by Gasteiger charge is -2.12. The number of rotatable bonds is 10. The fourth-order valence-corrected chi connectivity index (χ4v) is 2.72. The normalized spacial score (nSPS) is 10.3. The predicted octanol–water partition coefficient (Wildman–Crippen LogP) is 3.69. The second-order valence-corrected chi connectivity index (χ2v) is 6.50. The van der Waals surface area contributed by atoms with Crippen molar-refractivity contribution in [3.05, 3.63) is 48.0 Å². The van der Waals surface area contributed by atoms with Crippen LogP contribution in [0, 0.1) is 6.92 Å². The van der Waals surface area contributed by atoms with Crippen molar-refractivity contribution < 1.29 is 19.0 Å². The van der Waals surface area contributed by atoms with Crippen LogP contribution in [0.1, 0.15) is 12.0 Å². The van der Waals surface area contributed by atoms with Gasteiger partial charge in [-0.1, -0.05) is 18.2 Å². The third-order valence-corrected chi connectivity index (χ3v) is 4.45. The molecule has 0 aliphatic heterocycles. The Labute approximate surface area is 159 Å². The number of hydrogen-bond acceptors (Lipinski definition) is 5. The summed E-state index contributed by atoms with van der Waals surface area (Å²) in [6.45, 7) is 3.05. The van der Waals surface area contributed by atoms with Crippen molar-refractivity contribution in [2.24, 2.45) is 0 Å². The number of benzene rings is 2. The Morgan fingerprint density at radius 2 is 1.88 bits per heavy atom. The van der Waals surface area contributed by atoms with Gasteiger partial charge in [-0.3, -0.25) is 4.79 Å². The SMILES string of the molecule is COc1cc(SC)ccc1OCC(=O)NCCCOc1ccccc1C. The lowest BCUT2D eigenvalue weighted by atomic mass is 10.2. The zero-order chi connectivity index (χ0) is 18.8. The summed E-state index contributed by atoms with van der Waals surface area (Å²) in [4.78, 5) is 13.0. The van der Waals surface area contributed by atoms with Gasteiger partial charge in [0, 0.05) is 11.4 Å². The van der Waals surface area contributed by atoms with Gasteiger partial charge in [0.1, 0.15) is 5.75 Å². The highest BCUT2D eigenvalue weighted by Crippen LogP contribution is 2.31. The first kappa shape index (κ1) is 20.0. The molecule has 0 heterocycles. The van der Waals surface area contributed by atoms with E-state index in [0.29, 0.717) is 24.7 Å². The van der Waals surface area contributed by atoms with Gasteiger partial charge in [-0.05, 0) is 49.4 Å². The van der Waals surface area contributed by atoms with Crippen LogP contribution in [0.15, 0.2) is 47.4 Å². The highest BCUT2D eigenvalue weighted by molar-refractivity contribution is 7.98. The maximum atomic E-state index is 11.9. The van der Waals surface area contributed by atoms with E-state index in [1.54, 1.807) is 18.9 Å². The summed E-state index contributed by atoms with van der Waals surface area (Å²) in [6.07, 6.45) is 2.72. The first-order valence-corrected chi connectivity index (χ1v) is 9.66. The van der Waals surface area contributed by atoms with Gasteiger partial charge in [-0.2, -0.15) is 0 Å². The van der Waals surface area contributed by atoms with Crippen LogP contribution in [0.5, 0.6) is 17.2 Å². The predicted molar refractivity (Wildman–Crippen MR) is 105 cm³/mol. The van der Waals surface area contributed by atoms with Crippen LogP contribution in [0.25, 0.3) is 0 Å². The molecule has 0 radical (unpaired) electrons. The van der Waals surface area contributed by atoms with Crippen molar-refractivity contribution in [2.75, 3.05) is 33.1 Å². The van der Waals surface area contributed by atoms with Gasteiger partial charge in [0.2, 0.25) is 0 Å². The molecular weight excluding hydrogens is 350 g/mol. The van der Waals surface area contributed by atoms with Crippen molar-refractivity contribution in [3.63, 3.8) is 0 Å². The number of methoxy groups -OCH3 is 1. The van der Waals surface area contributed by atoms with Gasteiger partial charge in [-0.25, -0.2) is 0 Å². The van der Waals surface area contributed by atoms with E-state index in [-0.39, 0.29) is 12.5 Å². The lowest BCUT2D eigenvalue weighted by Crippen LogP contribution is -2.30. The van der Waals surface area contributed by atoms with Gasteiger partial charge < -0.3 is 19.5 Å². The van der Waals surface area contributed by atoms with Gasteiger partial charge in [0.25, 0.3) is 5.91 Å². The summed E-state index contributed by atoms with van der Waals surface area (Å²) in [5, 5.41) is 2.82. The number of para-hydroxylation sites is 1. The maximum absolute atomic E-state index is 11.9. The number of thioether (sulfide) groups is 1. The maximum Gasteiger partial charge on any atom is 0.257 e. The molecule has 0 saturated carbocycles. The molecule has 0 fully saturated rings. The first-order chi connectivity index (χ1) is 12.6.